The molecule has 1 fully saturated rings. The van der Waals surface area contributed by atoms with Crippen LogP contribution >= 0.6 is 11.3 Å². The van der Waals surface area contributed by atoms with Gasteiger partial charge in [-0.2, -0.15) is 0 Å². The number of nitrogens with two attached hydrogens (primary N) is 1. The van der Waals surface area contributed by atoms with E-state index >= 15 is 0 Å². The minimum Gasteiger partial charge on any atom is -0.461 e. The highest BCUT2D eigenvalue weighted by Crippen LogP contribution is 2.36. The second-order valence-corrected chi connectivity index (χ2v) is 10.4. The molecule has 0 spiro atoms. The van der Waals surface area contributed by atoms with Crippen molar-refractivity contribution in [2.45, 2.75) is 71.4 Å². The van der Waals surface area contributed by atoms with Gasteiger partial charge in [-0.1, -0.05) is 26.5 Å². The smallest absolute Gasteiger partial charge is 0.323 e. The maximum Gasteiger partial charge on any atom is 0.323 e. The van der Waals surface area contributed by atoms with Gasteiger partial charge in [0, 0.05) is 11.4 Å². The van der Waals surface area contributed by atoms with Crippen molar-refractivity contribution in [2.24, 2.45) is 11.7 Å². The molecule has 1 heterocycles. The van der Waals surface area contributed by atoms with Crippen LogP contribution in [0.15, 0.2) is 36.7 Å². The first-order valence-corrected chi connectivity index (χ1v) is 12.6. The van der Waals surface area contributed by atoms with Gasteiger partial charge >= 0.3 is 5.97 Å². The van der Waals surface area contributed by atoms with Crippen LogP contribution in [-0.4, -0.2) is 24.7 Å². The third-order valence-electron chi connectivity index (χ3n) is 5.88. The number of thiophene rings is 1. The van der Waals surface area contributed by atoms with Crippen molar-refractivity contribution in [3.63, 3.8) is 0 Å². The molecule has 5 nitrogen and oxygen atoms in total. The standard InChI is InChI=1S/C26H36FN3O2S/c1-16(2)13-23(26(31)32-21-7-5-6-8-21)29-12-11-19-15-20(9-10-22(19)27)24-14-17(3)25(33-24)30-18(4)28/h9-10,14-16,21,23,29-30H,4-8,11-13,28H2,1-3H3. The summed E-state index contributed by atoms with van der Waals surface area (Å²) >= 11 is 1.56. The number of carbonyl (C=O) groups is 1. The number of hydrogen-bond acceptors (Lipinski definition) is 6. The van der Waals surface area contributed by atoms with Gasteiger partial charge in [0.2, 0.25) is 0 Å². The van der Waals surface area contributed by atoms with E-state index in [2.05, 4.69) is 37.1 Å². The van der Waals surface area contributed by atoms with Gasteiger partial charge in [-0.25, -0.2) is 4.39 Å². The number of carbonyl (C=O) groups excluding carboxylic acids is 1. The Morgan fingerprint density at radius 1 is 1.30 bits per heavy atom. The molecule has 33 heavy (non-hydrogen) atoms. The van der Waals surface area contributed by atoms with Gasteiger partial charge in [-0.3, -0.25) is 4.79 Å². The van der Waals surface area contributed by atoms with E-state index in [1.54, 1.807) is 17.4 Å². The number of aryl methyl sites for hydroxylation is 1. The molecule has 2 aromatic rings. The average Bonchev–Trinajstić information content (AvgIpc) is 3.38. The Kier molecular flexibility index (Phi) is 8.92. The van der Waals surface area contributed by atoms with Gasteiger partial charge in [0.05, 0.1) is 10.8 Å². The van der Waals surface area contributed by atoms with E-state index in [-0.39, 0.29) is 23.9 Å². The van der Waals surface area contributed by atoms with E-state index in [4.69, 9.17) is 10.5 Å². The van der Waals surface area contributed by atoms with Crippen molar-refractivity contribution in [1.82, 2.24) is 5.32 Å². The zero-order valence-electron chi connectivity index (χ0n) is 19.9. The Labute approximate surface area is 200 Å². The number of benzene rings is 1. The minimum absolute atomic E-state index is 0.0492. The summed E-state index contributed by atoms with van der Waals surface area (Å²) in [6, 6.07) is 6.88. The van der Waals surface area contributed by atoms with Crippen molar-refractivity contribution in [3.8, 4) is 10.4 Å². The second kappa shape index (κ2) is 11.7. The SMILES string of the molecule is C=C(N)Nc1sc(-c2ccc(F)c(CCNC(CC(C)C)C(=O)OC3CCCC3)c2)cc1C. The Balaban J connectivity index is 1.64. The largest absolute Gasteiger partial charge is 0.461 e. The maximum atomic E-state index is 14.5. The predicted molar refractivity (Wildman–Crippen MR) is 135 cm³/mol. The van der Waals surface area contributed by atoms with E-state index < -0.39 is 0 Å². The second-order valence-electron chi connectivity index (χ2n) is 9.31. The van der Waals surface area contributed by atoms with Gasteiger partial charge in [-0.15, -0.1) is 11.3 Å². The summed E-state index contributed by atoms with van der Waals surface area (Å²) in [6.45, 7) is 10.4. The van der Waals surface area contributed by atoms with E-state index in [9.17, 15) is 9.18 Å². The number of halogens is 1. The molecule has 0 radical (unpaired) electrons. The van der Waals surface area contributed by atoms with Crippen molar-refractivity contribution in [3.05, 3.63) is 53.6 Å². The van der Waals surface area contributed by atoms with Gasteiger partial charge in [0.1, 0.15) is 18.0 Å². The lowest BCUT2D eigenvalue weighted by atomic mass is 10.0. The van der Waals surface area contributed by atoms with Gasteiger partial charge in [-0.05, 0) is 86.3 Å². The van der Waals surface area contributed by atoms with Crippen molar-refractivity contribution in [1.29, 1.82) is 0 Å². The van der Waals surface area contributed by atoms with Crippen LogP contribution in [0.2, 0.25) is 0 Å². The molecule has 0 saturated heterocycles. The van der Waals surface area contributed by atoms with Gasteiger partial charge < -0.3 is 21.1 Å². The summed E-state index contributed by atoms with van der Waals surface area (Å²) in [6.07, 6.45) is 5.39. The number of esters is 1. The van der Waals surface area contributed by atoms with E-state index in [1.165, 1.54) is 6.07 Å². The molecule has 1 aliphatic carbocycles. The fourth-order valence-corrected chi connectivity index (χ4v) is 5.28. The number of anilines is 1. The van der Waals surface area contributed by atoms with Gasteiger partial charge in [0.25, 0.3) is 0 Å². The topological polar surface area (TPSA) is 76.4 Å². The normalized spacial score (nSPS) is 15.1. The highest BCUT2D eigenvalue weighted by atomic mass is 32.1. The third kappa shape index (κ3) is 7.30. The molecule has 4 N–H and O–H groups in total. The van der Waals surface area contributed by atoms with Crippen LogP contribution in [0.4, 0.5) is 9.39 Å². The molecule has 0 aliphatic heterocycles. The lowest BCUT2D eigenvalue weighted by molar-refractivity contribution is -0.151. The zero-order valence-corrected chi connectivity index (χ0v) is 20.7. The first-order chi connectivity index (χ1) is 15.7. The number of nitrogens with one attached hydrogen (secondary N) is 2. The lowest BCUT2D eigenvalue weighted by Gasteiger charge is -2.22. The van der Waals surface area contributed by atoms with Crippen molar-refractivity contribution in [2.75, 3.05) is 11.9 Å². The van der Waals surface area contributed by atoms with Crippen LogP contribution < -0.4 is 16.4 Å². The Morgan fingerprint density at radius 3 is 2.70 bits per heavy atom. The van der Waals surface area contributed by atoms with Crippen LogP contribution in [0, 0.1) is 18.7 Å². The summed E-state index contributed by atoms with van der Waals surface area (Å²) in [5, 5.41) is 7.32. The summed E-state index contributed by atoms with van der Waals surface area (Å²) < 4.78 is 20.3. The molecule has 1 saturated carbocycles. The van der Waals surface area contributed by atoms with Crippen LogP contribution in [-0.2, 0) is 16.0 Å². The fraction of sp³-hybridized carbons (Fsp3) is 0.500. The molecule has 1 atom stereocenters. The Morgan fingerprint density at radius 2 is 2.03 bits per heavy atom. The molecule has 0 amide bonds. The average molecular weight is 474 g/mol. The summed E-state index contributed by atoms with van der Waals surface area (Å²) in [5.74, 6) is 0.324. The lowest BCUT2D eigenvalue weighted by Crippen LogP contribution is -2.41. The molecule has 180 valence electrons. The first-order valence-electron chi connectivity index (χ1n) is 11.8. The first kappa shape index (κ1) is 25.2. The predicted octanol–water partition coefficient (Wildman–Crippen LogP) is 5.74. The summed E-state index contributed by atoms with van der Waals surface area (Å²) in [4.78, 5) is 13.7. The van der Waals surface area contributed by atoms with Crippen LogP contribution in [0.5, 0.6) is 0 Å². The molecule has 0 bridgehead atoms. The molecular formula is C26H36FN3O2S. The summed E-state index contributed by atoms with van der Waals surface area (Å²) in [5.41, 5.74) is 8.31. The monoisotopic (exact) mass is 473 g/mol. The third-order valence-corrected chi connectivity index (χ3v) is 7.09. The van der Waals surface area contributed by atoms with E-state index in [0.29, 0.717) is 36.7 Å². The number of rotatable bonds is 11. The molecule has 1 aliphatic rings. The quantitative estimate of drug-likeness (QED) is 0.363. The van der Waals surface area contributed by atoms with Crippen LogP contribution in [0.1, 0.15) is 57.1 Å². The Hall–Kier alpha value is -2.38. The van der Waals surface area contributed by atoms with Crippen molar-refractivity contribution < 1.29 is 13.9 Å². The Bertz CT molecular complexity index is 966. The number of ether oxygens (including phenoxy) is 1. The summed E-state index contributed by atoms with van der Waals surface area (Å²) in [7, 11) is 0. The molecule has 3 rings (SSSR count). The molecule has 1 aromatic carbocycles. The zero-order chi connectivity index (χ0) is 24.0. The van der Waals surface area contributed by atoms with Crippen LogP contribution in [0.25, 0.3) is 10.4 Å². The van der Waals surface area contributed by atoms with E-state index in [0.717, 1.165) is 46.7 Å². The van der Waals surface area contributed by atoms with Crippen LogP contribution in [0.3, 0.4) is 0 Å². The minimum atomic E-state index is -0.366. The number of hydrogen-bond donors (Lipinski definition) is 3. The highest BCUT2D eigenvalue weighted by Gasteiger charge is 2.26. The molecule has 7 heteroatoms. The molecular weight excluding hydrogens is 437 g/mol. The maximum absolute atomic E-state index is 14.5. The van der Waals surface area contributed by atoms with E-state index in [1.807, 2.05) is 13.0 Å². The fourth-order valence-electron chi connectivity index (χ4n) is 4.18. The molecule has 1 aromatic heterocycles. The van der Waals surface area contributed by atoms with Gasteiger partial charge in [0.15, 0.2) is 0 Å². The van der Waals surface area contributed by atoms with Crippen molar-refractivity contribution >= 4 is 22.3 Å². The highest BCUT2D eigenvalue weighted by molar-refractivity contribution is 7.19. The molecule has 1 unspecified atom stereocenters.